The quantitative estimate of drug-likeness (QED) is 0.774. The number of rotatable bonds is 4. The molecule has 0 saturated carbocycles. The van der Waals surface area contributed by atoms with Crippen LogP contribution in [0.15, 0.2) is 22.7 Å². The topological polar surface area (TPSA) is 51.4 Å². The first-order valence-corrected chi connectivity index (χ1v) is 9.99. The number of aromatic nitrogens is 2. The van der Waals surface area contributed by atoms with Crippen LogP contribution >= 0.6 is 11.6 Å². The SMILES string of the molecule is CC1(c2noc(C3CCOCC3)n2)CCN(Cc2ccc(Cl)cc2F)CC1. The van der Waals surface area contributed by atoms with Crippen LogP contribution in [0.3, 0.4) is 0 Å². The lowest BCUT2D eigenvalue weighted by Crippen LogP contribution is -2.41. The van der Waals surface area contributed by atoms with Crippen LogP contribution in [-0.4, -0.2) is 41.3 Å². The summed E-state index contributed by atoms with van der Waals surface area (Å²) in [5, 5.41) is 4.73. The van der Waals surface area contributed by atoms with E-state index in [1.54, 1.807) is 12.1 Å². The van der Waals surface area contributed by atoms with Gasteiger partial charge in [-0.3, -0.25) is 4.90 Å². The summed E-state index contributed by atoms with van der Waals surface area (Å²) in [5.74, 6) is 1.63. The summed E-state index contributed by atoms with van der Waals surface area (Å²) in [6, 6.07) is 4.89. The molecule has 1 aromatic heterocycles. The molecular formula is C20H25ClFN3O2. The Hall–Kier alpha value is -1.50. The third-order valence-corrected chi connectivity index (χ3v) is 6.16. The lowest BCUT2D eigenvalue weighted by Gasteiger charge is -2.37. The molecule has 0 N–H and O–H groups in total. The fourth-order valence-corrected chi connectivity index (χ4v) is 4.07. The van der Waals surface area contributed by atoms with Crippen molar-refractivity contribution in [3.63, 3.8) is 0 Å². The van der Waals surface area contributed by atoms with Gasteiger partial charge in [0.15, 0.2) is 5.82 Å². The predicted molar refractivity (Wildman–Crippen MR) is 100 cm³/mol. The summed E-state index contributed by atoms with van der Waals surface area (Å²) in [6.07, 6.45) is 3.74. The second-order valence-corrected chi connectivity index (χ2v) is 8.35. The number of piperidine rings is 1. The molecule has 2 fully saturated rings. The fourth-order valence-electron chi connectivity index (χ4n) is 3.91. The van der Waals surface area contributed by atoms with Crippen LogP contribution < -0.4 is 0 Å². The van der Waals surface area contributed by atoms with Crippen LogP contribution in [0.4, 0.5) is 4.39 Å². The lowest BCUT2D eigenvalue weighted by atomic mass is 9.79. The van der Waals surface area contributed by atoms with Gasteiger partial charge in [-0.2, -0.15) is 4.98 Å². The van der Waals surface area contributed by atoms with E-state index in [1.165, 1.54) is 6.07 Å². The predicted octanol–water partition coefficient (Wildman–Crippen LogP) is 4.31. The van der Waals surface area contributed by atoms with Gasteiger partial charge in [-0.1, -0.05) is 29.7 Å². The molecule has 5 nitrogen and oxygen atoms in total. The van der Waals surface area contributed by atoms with E-state index < -0.39 is 0 Å². The molecule has 2 saturated heterocycles. The molecule has 27 heavy (non-hydrogen) atoms. The molecule has 7 heteroatoms. The van der Waals surface area contributed by atoms with E-state index in [0.29, 0.717) is 23.0 Å². The maximum absolute atomic E-state index is 14.0. The number of nitrogens with zero attached hydrogens (tertiary/aromatic N) is 3. The van der Waals surface area contributed by atoms with E-state index in [0.717, 1.165) is 63.7 Å². The fraction of sp³-hybridized carbons (Fsp3) is 0.600. The van der Waals surface area contributed by atoms with E-state index >= 15 is 0 Å². The van der Waals surface area contributed by atoms with E-state index in [-0.39, 0.29) is 11.2 Å². The molecule has 0 radical (unpaired) electrons. The van der Waals surface area contributed by atoms with Crippen molar-refractivity contribution >= 4 is 11.6 Å². The first kappa shape index (κ1) is 18.8. The Balaban J connectivity index is 1.38. The third-order valence-electron chi connectivity index (χ3n) is 5.92. The average Bonchev–Trinajstić information content (AvgIpc) is 3.18. The van der Waals surface area contributed by atoms with Crippen LogP contribution in [0.25, 0.3) is 0 Å². The monoisotopic (exact) mass is 393 g/mol. The van der Waals surface area contributed by atoms with Gasteiger partial charge in [0, 0.05) is 41.7 Å². The van der Waals surface area contributed by atoms with Crippen LogP contribution in [0, 0.1) is 5.82 Å². The molecule has 2 aliphatic rings. The number of hydrogen-bond acceptors (Lipinski definition) is 5. The highest BCUT2D eigenvalue weighted by Gasteiger charge is 2.37. The highest BCUT2D eigenvalue weighted by molar-refractivity contribution is 6.30. The molecule has 4 rings (SSSR count). The van der Waals surface area contributed by atoms with Gasteiger partial charge in [-0.05, 0) is 50.9 Å². The smallest absolute Gasteiger partial charge is 0.229 e. The third kappa shape index (κ3) is 4.18. The summed E-state index contributed by atoms with van der Waals surface area (Å²) in [6.45, 7) is 6.07. The summed E-state index contributed by atoms with van der Waals surface area (Å²) in [4.78, 5) is 7.01. The van der Waals surface area contributed by atoms with Gasteiger partial charge in [0.05, 0.1) is 0 Å². The van der Waals surface area contributed by atoms with Crippen LogP contribution in [0.1, 0.15) is 55.8 Å². The van der Waals surface area contributed by atoms with Gasteiger partial charge in [-0.15, -0.1) is 0 Å². The van der Waals surface area contributed by atoms with Crippen LogP contribution in [0.2, 0.25) is 5.02 Å². The number of halogens is 2. The van der Waals surface area contributed by atoms with Crippen molar-refractivity contribution in [3.05, 3.63) is 46.3 Å². The van der Waals surface area contributed by atoms with Crippen molar-refractivity contribution in [2.24, 2.45) is 0 Å². The Bertz CT molecular complexity index is 783. The van der Waals surface area contributed by atoms with Gasteiger partial charge in [0.2, 0.25) is 5.89 Å². The van der Waals surface area contributed by atoms with Crippen molar-refractivity contribution in [1.29, 1.82) is 0 Å². The number of likely N-dealkylation sites (tertiary alicyclic amines) is 1. The summed E-state index contributed by atoms with van der Waals surface area (Å²) in [7, 11) is 0. The van der Waals surface area contributed by atoms with E-state index in [9.17, 15) is 4.39 Å². The molecule has 0 spiro atoms. The standard InChI is InChI=1S/C20H25ClFN3O2/c1-20(19-23-18(27-24-19)14-4-10-26-11-5-14)6-8-25(9-7-20)13-15-2-3-16(21)12-17(15)22/h2-3,12,14H,4-11,13H2,1H3. The second kappa shape index (κ2) is 7.86. The van der Waals surface area contributed by atoms with Crippen molar-refractivity contribution < 1.29 is 13.7 Å². The second-order valence-electron chi connectivity index (χ2n) is 7.92. The highest BCUT2D eigenvalue weighted by atomic mass is 35.5. The first-order valence-electron chi connectivity index (χ1n) is 9.62. The number of hydrogen-bond donors (Lipinski definition) is 0. The maximum Gasteiger partial charge on any atom is 0.229 e. The van der Waals surface area contributed by atoms with Crippen molar-refractivity contribution in [2.75, 3.05) is 26.3 Å². The first-order chi connectivity index (χ1) is 13.0. The molecule has 1 aromatic carbocycles. The van der Waals surface area contributed by atoms with Gasteiger partial charge in [0.1, 0.15) is 5.82 Å². The molecule has 3 heterocycles. The molecule has 0 bridgehead atoms. The van der Waals surface area contributed by atoms with E-state index in [2.05, 4.69) is 17.0 Å². The van der Waals surface area contributed by atoms with Crippen molar-refractivity contribution in [1.82, 2.24) is 15.0 Å². The minimum Gasteiger partial charge on any atom is -0.381 e. The Kier molecular flexibility index (Phi) is 5.48. The van der Waals surface area contributed by atoms with Crippen LogP contribution in [-0.2, 0) is 16.7 Å². The van der Waals surface area contributed by atoms with Gasteiger partial charge in [0.25, 0.3) is 0 Å². The zero-order valence-electron chi connectivity index (χ0n) is 15.6. The number of ether oxygens (including phenoxy) is 1. The number of benzene rings is 1. The molecule has 2 aromatic rings. The Labute approximate surface area is 163 Å². The van der Waals surface area contributed by atoms with Crippen molar-refractivity contribution in [3.8, 4) is 0 Å². The zero-order chi connectivity index (χ0) is 18.9. The maximum atomic E-state index is 14.0. The normalized spacial score (nSPS) is 21.4. The van der Waals surface area contributed by atoms with E-state index in [1.807, 2.05) is 0 Å². The highest BCUT2D eigenvalue weighted by Crippen LogP contribution is 2.35. The van der Waals surface area contributed by atoms with Gasteiger partial charge in [-0.25, -0.2) is 4.39 Å². The van der Waals surface area contributed by atoms with E-state index in [4.69, 9.17) is 25.8 Å². The molecule has 2 aliphatic heterocycles. The molecule has 0 unspecified atom stereocenters. The summed E-state index contributed by atoms with van der Waals surface area (Å²) < 4.78 is 25.0. The minimum absolute atomic E-state index is 0.0953. The molecule has 0 atom stereocenters. The van der Waals surface area contributed by atoms with Gasteiger partial charge >= 0.3 is 0 Å². The summed E-state index contributed by atoms with van der Waals surface area (Å²) in [5.41, 5.74) is 0.589. The molecule has 0 amide bonds. The Morgan fingerprint density at radius 1 is 1.26 bits per heavy atom. The largest absolute Gasteiger partial charge is 0.381 e. The van der Waals surface area contributed by atoms with Crippen molar-refractivity contribution in [2.45, 2.75) is 50.5 Å². The Morgan fingerprint density at radius 2 is 2.00 bits per heavy atom. The summed E-state index contributed by atoms with van der Waals surface area (Å²) >= 11 is 5.84. The average molecular weight is 394 g/mol. The van der Waals surface area contributed by atoms with Gasteiger partial charge < -0.3 is 9.26 Å². The minimum atomic E-state index is -0.241. The zero-order valence-corrected chi connectivity index (χ0v) is 16.3. The lowest BCUT2D eigenvalue weighted by molar-refractivity contribution is 0.0778. The van der Waals surface area contributed by atoms with Crippen LogP contribution in [0.5, 0.6) is 0 Å². The molecule has 0 aliphatic carbocycles. The Morgan fingerprint density at radius 3 is 2.70 bits per heavy atom. The molecule has 146 valence electrons. The molecular weight excluding hydrogens is 369 g/mol.